The Morgan fingerprint density at radius 1 is 1.22 bits per heavy atom. The van der Waals surface area contributed by atoms with Crippen molar-refractivity contribution in [3.05, 3.63) is 57.1 Å². The normalized spacial score (nSPS) is 22.4. The first-order valence-corrected chi connectivity index (χ1v) is 11.5. The average Bonchev–Trinajstić information content (AvgIpc) is 3.19. The minimum atomic E-state index is -0.658. The van der Waals surface area contributed by atoms with E-state index in [0.717, 1.165) is 61.2 Å². The van der Waals surface area contributed by atoms with Crippen LogP contribution in [0.2, 0.25) is 0 Å². The van der Waals surface area contributed by atoms with Crippen LogP contribution < -0.4 is 5.56 Å². The van der Waals surface area contributed by atoms with Gasteiger partial charge in [0, 0.05) is 41.2 Å². The maximum Gasteiger partial charge on any atom is 0.257 e. The number of rotatable bonds is 4. The summed E-state index contributed by atoms with van der Waals surface area (Å²) in [5, 5.41) is 15.4. The van der Waals surface area contributed by atoms with Gasteiger partial charge in [0.1, 0.15) is 17.7 Å². The van der Waals surface area contributed by atoms with Crippen LogP contribution in [0.3, 0.4) is 0 Å². The van der Waals surface area contributed by atoms with Gasteiger partial charge in [0.2, 0.25) is 0 Å². The topological polar surface area (TPSA) is 84.4 Å². The van der Waals surface area contributed by atoms with Crippen molar-refractivity contribution >= 4 is 11.0 Å². The van der Waals surface area contributed by atoms with E-state index in [1.165, 1.54) is 12.1 Å². The summed E-state index contributed by atoms with van der Waals surface area (Å²) in [6.07, 6.45) is 3.32. The molecule has 32 heavy (non-hydrogen) atoms. The maximum atomic E-state index is 13.4. The second-order valence-electron chi connectivity index (χ2n) is 9.23. The molecule has 0 bridgehead atoms. The number of benzene rings is 1. The SMILES string of the molecule is Cc1nc2n(c(=O)c1CCN1CCC(c3noc4cc(F)ccc34)CC1)C(C)CCC2O. The number of nitrogens with zero attached hydrogens (tertiary/aromatic N) is 4. The second-order valence-corrected chi connectivity index (χ2v) is 9.23. The van der Waals surface area contributed by atoms with E-state index in [1.54, 1.807) is 10.6 Å². The van der Waals surface area contributed by atoms with Crippen molar-refractivity contribution in [1.29, 1.82) is 0 Å². The van der Waals surface area contributed by atoms with Crippen molar-refractivity contribution in [1.82, 2.24) is 19.6 Å². The summed E-state index contributed by atoms with van der Waals surface area (Å²) < 4.78 is 20.5. The number of aliphatic hydroxyl groups is 1. The Hall–Kier alpha value is -2.58. The van der Waals surface area contributed by atoms with E-state index in [1.807, 2.05) is 13.8 Å². The van der Waals surface area contributed by atoms with Gasteiger partial charge in [-0.05, 0) is 71.2 Å². The Labute approximate surface area is 185 Å². The molecule has 1 N–H and O–H groups in total. The Bertz CT molecular complexity index is 1200. The first-order valence-electron chi connectivity index (χ1n) is 11.5. The molecule has 3 aromatic rings. The van der Waals surface area contributed by atoms with Crippen molar-refractivity contribution in [2.45, 2.75) is 64.0 Å². The average molecular weight is 441 g/mol. The number of aliphatic hydroxyl groups excluding tert-OH is 1. The number of hydrogen-bond donors (Lipinski definition) is 1. The highest BCUT2D eigenvalue weighted by Gasteiger charge is 2.29. The fourth-order valence-corrected chi connectivity index (χ4v) is 5.23. The number of piperidine rings is 1. The van der Waals surface area contributed by atoms with E-state index in [-0.39, 0.29) is 23.3 Å². The molecule has 4 heterocycles. The van der Waals surface area contributed by atoms with E-state index < -0.39 is 6.10 Å². The van der Waals surface area contributed by atoms with Crippen molar-refractivity contribution in [2.24, 2.45) is 0 Å². The zero-order valence-electron chi connectivity index (χ0n) is 18.6. The third-order valence-electron chi connectivity index (χ3n) is 7.15. The van der Waals surface area contributed by atoms with Gasteiger partial charge in [-0.2, -0.15) is 0 Å². The summed E-state index contributed by atoms with van der Waals surface area (Å²) in [7, 11) is 0. The summed E-state index contributed by atoms with van der Waals surface area (Å²) in [6, 6.07) is 4.65. The lowest BCUT2D eigenvalue weighted by Gasteiger charge is -2.32. The molecule has 1 fully saturated rings. The molecule has 0 saturated carbocycles. The van der Waals surface area contributed by atoms with E-state index in [4.69, 9.17) is 4.52 Å². The van der Waals surface area contributed by atoms with Crippen LogP contribution in [0.4, 0.5) is 4.39 Å². The Morgan fingerprint density at radius 3 is 2.78 bits per heavy atom. The first kappa shape index (κ1) is 21.3. The molecule has 170 valence electrons. The van der Waals surface area contributed by atoms with Gasteiger partial charge in [-0.1, -0.05) is 5.16 Å². The Kier molecular flexibility index (Phi) is 5.59. The highest BCUT2D eigenvalue weighted by atomic mass is 19.1. The standard InChI is InChI=1S/C24H29FN4O3/c1-14-3-6-20(30)23-26-15(2)18(24(31)29(14)23)9-12-28-10-7-16(8-11-28)22-19-5-4-17(25)13-21(19)32-27-22/h4-5,13-14,16,20,30H,3,6-12H2,1-2H3. The smallest absolute Gasteiger partial charge is 0.257 e. The third-order valence-corrected chi connectivity index (χ3v) is 7.15. The second kappa shape index (κ2) is 8.41. The molecule has 2 aromatic heterocycles. The van der Waals surface area contributed by atoms with Gasteiger partial charge < -0.3 is 14.5 Å². The van der Waals surface area contributed by atoms with Crippen LogP contribution in [-0.2, 0) is 6.42 Å². The predicted octanol–water partition coefficient (Wildman–Crippen LogP) is 3.64. The number of aromatic nitrogens is 3. The number of aryl methyl sites for hydroxylation is 1. The van der Waals surface area contributed by atoms with E-state index in [0.29, 0.717) is 24.2 Å². The number of fused-ring (bicyclic) bond motifs is 2. The van der Waals surface area contributed by atoms with Gasteiger partial charge in [-0.3, -0.25) is 9.36 Å². The maximum absolute atomic E-state index is 13.4. The molecule has 2 atom stereocenters. The summed E-state index contributed by atoms with van der Waals surface area (Å²) >= 11 is 0. The lowest BCUT2D eigenvalue weighted by atomic mass is 9.91. The third kappa shape index (κ3) is 3.75. The quantitative estimate of drug-likeness (QED) is 0.667. The highest BCUT2D eigenvalue weighted by Crippen LogP contribution is 2.33. The van der Waals surface area contributed by atoms with E-state index >= 15 is 0 Å². The molecule has 2 aliphatic rings. The van der Waals surface area contributed by atoms with E-state index in [9.17, 15) is 14.3 Å². The minimum Gasteiger partial charge on any atom is -0.385 e. The lowest BCUT2D eigenvalue weighted by molar-refractivity contribution is 0.119. The highest BCUT2D eigenvalue weighted by molar-refractivity contribution is 5.79. The van der Waals surface area contributed by atoms with Gasteiger partial charge in [0.25, 0.3) is 5.56 Å². The van der Waals surface area contributed by atoms with Crippen molar-refractivity contribution < 1.29 is 14.0 Å². The van der Waals surface area contributed by atoms with Crippen LogP contribution in [0.15, 0.2) is 27.5 Å². The molecule has 2 unspecified atom stereocenters. The number of hydrogen-bond acceptors (Lipinski definition) is 6. The largest absolute Gasteiger partial charge is 0.385 e. The van der Waals surface area contributed by atoms with Gasteiger partial charge >= 0.3 is 0 Å². The van der Waals surface area contributed by atoms with Gasteiger partial charge in [-0.25, -0.2) is 9.37 Å². The van der Waals surface area contributed by atoms with Crippen LogP contribution in [-0.4, -0.2) is 44.3 Å². The van der Waals surface area contributed by atoms with Crippen molar-refractivity contribution in [3.63, 3.8) is 0 Å². The zero-order chi connectivity index (χ0) is 22.4. The van der Waals surface area contributed by atoms with E-state index in [2.05, 4.69) is 15.0 Å². The molecule has 0 aliphatic carbocycles. The van der Waals surface area contributed by atoms with Gasteiger partial charge in [-0.15, -0.1) is 0 Å². The molecule has 5 rings (SSSR count). The van der Waals surface area contributed by atoms with Crippen LogP contribution in [0.5, 0.6) is 0 Å². The molecule has 0 amide bonds. The lowest BCUT2D eigenvalue weighted by Crippen LogP contribution is -2.38. The molecular formula is C24H29FN4O3. The molecule has 1 saturated heterocycles. The monoisotopic (exact) mass is 440 g/mol. The Balaban J connectivity index is 1.25. The van der Waals surface area contributed by atoms with Crippen LogP contribution in [0.1, 0.15) is 73.4 Å². The van der Waals surface area contributed by atoms with Crippen molar-refractivity contribution in [3.8, 4) is 0 Å². The van der Waals surface area contributed by atoms with Crippen LogP contribution in [0, 0.1) is 12.7 Å². The molecule has 8 heteroatoms. The fraction of sp³-hybridized carbons (Fsp3) is 0.542. The molecule has 7 nitrogen and oxygen atoms in total. The zero-order valence-corrected chi connectivity index (χ0v) is 18.6. The number of halogens is 1. The summed E-state index contributed by atoms with van der Waals surface area (Å²) in [5.41, 5.74) is 2.89. The minimum absolute atomic E-state index is 0.00469. The van der Waals surface area contributed by atoms with Crippen molar-refractivity contribution in [2.75, 3.05) is 19.6 Å². The molecule has 0 radical (unpaired) electrons. The fourth-order valence-electron chi connectivity index (χ4n) is 5.23. The summed E-state index contributed by atoms with van der Waals surface area (Å²) in [4.78, 5) is 20.1. The van der Waals surface area contributed by atoms with Crippen LogP contribution >= 0.6 is 0 Å². The predicted molar refractivity (Wildman–Crippen MR) is 118 cm³/mol. The van der Waals surface area contributed by atoms with Gasteiger partial charge in [0.15, 0.2) is 5.58 Å². The first-order chi connectivity index (χ1) is 15.4. The molecule has 1 aromatic carbocycles. The van der Waals surface area contributed by atoms with Crippen LogP contribution in [0.25, 0.3) is 11.0 Å². The molecule has 0 spiro atoms. The molecule has 2 aliphatic heterocycles. The Morgan fingerprint density at radius 2 is 2.00 bits per heavy atom. The summed E-state index contributed by atoms with van der Waals surface area (Å²) in [6.45, 7) is 6.51. The molecular weight excluding hydrogens is 411 g/mol. The van der Waals surface area contributed by atoms with Gasteiger partial charge in [0.05, 0.1) is 5.69 Å². The summed E-state index contributed by atoms with van der Waals surface area (Å²) in [5.74, 6) is 0.482. The number of likely N-dealkylation sites (tertiary alicyclic amines) is 1.